The van der Waals surface area contributed by atoms with E-state index in [1.165, 1.54) is 6.92 Å². The molecular weight excluding hydrogens is 424 g/mol. The van der Waals surface area contributed by atoms with Crippen LogP contribution in [-0.2, 0) is 9.59 Å². The highest BCUT2D eigenvalue weighted by atomic mass is 32.2. The van der Waals surface area contributed by atoms with E-state index < -0.39 is 23.9 Å². The quantitative estimate of drug-likeness (QED) is 0.523. The fourth-order valence-corrected chi connectivity index (χ4v) is 3.78. The zero-order valence-electron chi connectivity index (χ0n) is 16.1. The number of ether oxygens (including phenoxy) is 1. The minimum Gasteiger partial charge on any atom is -0.479 e. The van der Waals surface area contributed by atoms with Crippen molar-refractivity contribution in [1.82, 2.24) is 10.4 Å². The predicted octanol–water partition coefficient (Wildman–Crippen LogP) is 3.39. The fourth-order valence-electron chi connectivity index (χ4n) is 2.60. The minimum absolute atomic E-state index is 0.225. The third-order valence-corrected chi connectivity index (χ3v) is 5.54. The predicted molar refractivity (Wildman–Crippen MR) is 118 cm³/mol. The Morgan fingerprint density at radius 2 is 1.87 bits per heavy atom. The molecule has 2 aromatic rings. The largest absolute Gasteiger partial charge is 0.479 e. The number of rotatable bonds is 6. The average molecular weight is 443 g/mol. The number of amides is 2. The molecular formula is C21H18N2O5S2. The molecule has 1 unspecified atom stereocenters. The Morgan fingerprint density at radius 1 is 1.20 bits per heavy atom. The maximum atomic E-state index is 12.7. The minimum atomic E-state index is -1.06. The highest BCUT2D eigenvalue weighted by Crippen LogP contribution is 2.31. The molecule has 9 heteroatoms. The van der Waals surface area contributed by atoms with Gasteiger partial charge in [-0.15, -0.1) is 0 Å². The van der Waals surface area contributed by atoms with Crippen molar-refractivity contribution < 1.29 is 24.2 Å². The first-order valence-electron chi connectivity index (χ1n) is 8.90. The highest BCUT2D eigenvalue weighted by Gasteiger charge is 2.34. The van der Waals surface area contributed by atoms with Gasteiger partial charge in [-0.25, -0.2) is 4.79 Å². The number of carbonyl (C=O) groups excluding carboxylic acids is 2. The zero-order chi connectivity index (χ0) is 21.8. The molecule has 1 fully saturated rings. The summed E-state index contributed by atoms with van der Waals surface area (Å²) in [6.45, 7) is 3.25. The lowest BCUT2D eigenvalue weighted by Crippen LogP contribution is -2.45. The Hall–Kier alpha value is -3.17. The van der Waals surface area contributed by atoms with E-state index in [0.717, 1.165) is 22.3 Å². The van der Waals surface area contributed by atoms with Crippen LogP contribution < -0.4 is 10.2 Å². The van der Waals surface area contributed by atoms with Crippen LogP contribution in [0.1, 0.15) is 28.4 Å². The van der Waals surface area contributed by atoms with Crippen LogP contribution in [0, 0.1) is 6.92 Å². The summed E-state index contributed by atoms with van der Waals surface area (Å²) in [5.74, 6) is -1.50. The van der Waals surface area contributed by atoms with Gasteiger partial charge in [-0.1, -0.05) is 42.1 Å². The smallest absolute Gasteiger partial charge is 0.344 e. The van der Waals surface area contributed by atoms with E-state index in [0.29, 0.717) is 21.8 Å². The molecule has 0 aliphatic carbocycles. The summed E-state index contributed by atoms with van der Waals surface area (Å²) in [4.78, 5) is 36.4. The summed E-state index contributed by atoms with van der Waals surface area (Å²) in [5.41, 5.74) is 4.51. The third-order valence-electron chi connectivity index (χ3n) is 4.24. The first-order valence-corrected chi connectivity index (χ1v) is 10.1. The molecule has 0 aromatic heterocycles. The Balaban J connectivity index is 1.71. The van der Waals surface area contributed by atoms with Gasteiger partial charge in [0.05, 0.1) is 4.91 Å². The Labute approximate surface area is 182 Å². The molecule has 1 heterocycles. The summed E-state index contributed by atoms with van der Waals surface area (Å²) >= 11 is 6.32. The molecule has 0 bridgehead atoms. The van der Waals surface area contributed by atoms with Gasteiger partial charge in [-0.05, 0) is 61.5 Å². The molecule has 1 aliphatic rings. The number of carboxylic acids is 1. The van der Waals surface area contributed by atoms with Gasteiger partial charge in [-0.3, -0.25) is 15.0 Å². The molecule has 0 spiro atoms. The van der Waals surface area contributed by atoms with Gasteiger partial charge in [-0.2, -0.15) is 5.01 Å². The van der Waals surface area contributed by atoms with Crippen molar-refractivity contribution in [3.63, 3.8) is 0 Å². The number of nitrogens with zero attached hydrogens (tertiary/aromatic N) is 1. The molecule has 1 aliphatic heterocycles. The van der Waals surface area contributed by atoms with Crippen LogP contribution in [0.3, 0.4) is 0 Å². The maximum Gasteiger partial charge on any atom is 0.344 e. The van der Waals surface area contributed by atoms with Crippen LogP contribution >= 0.6 is 24.0 Å². The second kappa shape index (κ2) is 9.10. The molecule has 30 heavy (non-hydrogen) atoms. The van der Waals surface area contributed by atoms with Crippen LogP contribution in [0.15, 0.2) is 53.4 Å². The van der Waals surface area contributed by atoms with E-state index in [4.69, 9.17) is 22.1 Å². The SMILES string of the molecule is Cc1ccccc1C(=O)NN1C(=O)/C(=C\c2ccc(OC(C)C(=O)O)cc2)SC1=S. The Morgan fingerprint density at radius 3 is 2.50 bits per heavy atom. The monoisotopic (exact) mass is 442 g/mol. The molecule has 2 aromatic carbocycles. The number of aliphatic carboxylic acids is 1. The number of aryl methyl sites for hydroxylation is 1. The number of benzene rings is 2. The third kappa shape index (κ3) is 4.87. The molecule has 2 amide bonds. The summed E-state index contributed by atoms with van der Waals surface area (Å²) in [7, 11) is 0. The van der Waals surface area contributed by atoms with Gasteiger partial charge in [0.15, 0.2) is 10.4 Å². The first kappa shape index (κ1) is 21.5. The van der Waals surface area contributed by atoms with E-state index in [-0.39, 0.29) is 4.32 Å². The van der Waals surface area contributed by atoms with Crippen LogP contribution in [0.5, 0.6) is 5.75 Å². The summed E-state index contributed by atoms with van der Waals surface area (Å²) < 4.78 is 5.51. The molecule has 0 saturated carbocycles. The van der Waals surface area contributed by atoms with E-state index >= 15 is 0 Å². The van der Waals surface area contributed by atoms with Crippen molar-refractivity contribution in [3.8, 4) is 5.75 Å². The van der Waals surface area contributed by atoms with Gasteiger partial charge in [0.1, 0.15) is 5.75 Å². The number of hydrazine groups is 1. The molecule has 1 atom stereocenters. The Bertz CT molecular complexity index is 1050. The molecule has 7 nitrogen and oxygen atoms in total. The highest BCUT2D eigenvalue weighted by molar-refractivity contribution is 8.26. The number of nitrogens with one attached hydrogen (secondary N) is 1. The molecule has 1 saturated heterocycles. The van der Waals surface area contributed by atoms with Crippen molar-refractivity contribution in [2.24, 2.45) is 0 Å². The van der Waals surface area contributed by atoms with Gasteiger partial charge in [0, 0.05) is 5.56 Å². The van der Waals surface area contributed by atoms with Crippen molar-refractivity contribution in [3.05, 3.63) is 70.1 Å². The molecule has 2 N–H and O–H groups in total. The Kier molecular flexibility index (Phi) is 6.53. The lowest BCUT2D eigenvalue weighted by Gasteiger charge is -2.16. The fraction of sp³-hybridized carbons (Fsp3) is 0.143. The van der Waals surface area contributed by atoms with Gasteiger partial charge < -0.3 is 9.84 Å². The van der Waals surface area contributed by atoms with Crippen LogP contribution in [0.2, 0.25) is 0 Å². The van der Waals surface area contributed by atoms with Crippen molar-refractivity contribution in [2.75, 3.05) is 0 Å². The van der Waals surface area contributed by atoms with E-state index in [9.17, 15) is 14.4 Å². The topological polar surface area (TPSA) is 95.9 Å². The van der Waals surface area contributed by atoms with E-state index in [2.05, 4.69) is 5.43 Å². The van der Waals surface area contributed by atoms with Gasteiger partial charge in [0.2, 0.25) is 0 Å². The maximum absolute atomic E-state index is 12.7. The summed E-state index contributed by atoms with van der Waals surface area (Å²) in [5, 5.41) is 9.96. The number of hydrogen-bond acceptors (Lipinski definition) is 6. The van der Waals surface area contributed by atoms with Crippen molar-refractivity contribution in [1.29, 1.82) is 0 Å². The van der Waals surface area contributed by atoms with E-state index in [1.54, 1.807) is 42.5 Å². The number of carbonyl (C=O) groups is 3. The average Bonchev–Trinajstić information content (AvgIpc) is 2.97. The molecule has 0 radical (unpaired) electrons. The van der Waals surface area contributed by atoms with Crippen molar-refractivity contribution in [2.45, 2.75) is 20.0 Å². The molecule has 154 valence electrons. The zero-order valence-corrected chi connectivity index (χ0v) is 17.8. The lowest BCUT2D eigenvalue weighted by atomic mass is 10.1. The number of thioether (sulfide) groups is 1. The van der Waals surface area contributed by atoms with Gasteiger partial charge >= 0.3 is 5.97 Å². The van der Waals surface area contributed by atoms with Crippen LogP contribution in [-0.4, -0.2) is 38.3 Å². The van der Waals surface area contributed by atoms with E-state index in [1.807, 2.05) is 19.1 Å². The first-order chi connectivity index (χ1) is 14.3. The standard InChI is InChI=1S/C21H18N2O5S2/c1-12-5-3-4-6-16(12)18(24)22-23-19(25)17(30-21(23)29)11-14-7-9-15(10-8-14)28-13(2)20(26)27/h3-11,13H,1-2H3,(H,22,24)(H,26,27)/b17-11+. The normalized spacial score (nSPS) is 15.9. The number of carboxylic acid groups (broad SMARTS) is 1. The van der Waals surface area contributed by atoms with Crippen LogP contribution in [0.4, 0.5) is 0 Å². The summed E-state index contributed by atoms with van der Waals surface area (Å²) in [6, 6.07) is 13.7. The second-order valence-electron chi connectivity index (χ2n) is 6.44. The summed E-state index contributed by atoms with van der Waals surface area (Å²) in [6.07, 6.45) is 0.674. The van der Waals surface area contributed by atoms with Crippen molar-refractivity contribution >= 4 is 52.2 Å². The number of hydrogen-bond donors (Lipinski definition) is 2. The second-order valence-corrected chi connectivity index (χ2v) is 8.12. The lowest BCUT2D eigenvalue weighted by molar-refractivity contribution is -0.144. The number of thiocarbonyl (C=S) groups is 1. The molecule has 3 rings (SSSR count). The van der Waals surface area contributed by atoms with Gasteiger partial charge in [0.25, 0.3) is 11.8 Å². The van der Waals surface area contributed by atoms with Crippen LogP contribution in [0.25, 0.3) is 6.08 Å².